The van der Waals surface area contributed by atoms with Crippen molar-refractivity contribution >= 4 is 23.7 Å². The molecule has 2 atom stereocenters. The third-order valence-corrected chi connectivity index (χ3v) is 5.91. The van der Waals surface area contributed by atoms with Crippen LogP contribution in [0.4, 0.5) is 4.39 Å². The largest absolute Gasteiger partial charge is 0.480 e. The number of piperidine rings is 2. The van der Waals surface area contributed by atoms with E-state index in [1.54, 1.807) is 4.90 Å². The minimum Gasteiger partial charge on any atom is -0.480 e. The van der Waals surface area contributed by atoms with E-state index in [1.807, 2.05) is 0 Å². The lowest BCUT2D eigenvalue weighted by atomic mass is 9.92. The van der Waals surface area contributed by atoms with Crippen LogP contribution in [0.2, 0.25) is 0 Å². The van der Waals surface area contributed by atoms with Crippen LogP contribution in [0.1, 0.15) is 64.4 Å². The Morgan fingerprint density at radius 1 is 1.07 bits per heavy atom. The number of hydrogen-bond acceptors (Lipinski definition) is 5. The summed E-state index contributed by atoms with van der Waals surface area (Å²) in [7, 11) is 0. The molecule has 0 aliphatic carbocycles. The summed E-state index contributed by atoms with van der Waals surface area (Å²) in [6.07, 6.45) is 3.23. The third kappa shape index (κ3) is 3.39. The molecule has 2 fully saturated rings. The van der Waals surface area contributed by atoms with Crippen molar-refractivity contribution < 1.29 is 28.7 Å². The second-order valence-electron chi connectivity index (χ2n) is 7.72. The van der Waals surface area contributed by atoms with Gasteiger partial charge in [-0.15, -0.1) is 0 Å². The lowest BCUT2D eigenvalue weighted by molar-refractivity contribution is -0.139. The Bertz CT molecular complexity index is 902. The molecule has 3 heterocycles. The second kappa shape index (κ2) is 7.55. The Morgan fingerprint density at radius 2 is 1.76 bits per heavy atom. The van der Waals surface area contributed by atoms with Gasteiger partial charge in [0.1, 0.15) is 11.9 Å². The van der Waals surface area contributed by atoms with Gasteiger partial charge in [-0.05, 0) is 44.4 Å². The maximum atomic E-state index is 15.0. The number of benzene rings is 1. The first kappa shape index (κ1) is 19.5. The van der Waals surface area contributed by atoms with E-state index in [0.29, 0.717) is 32.4 Å². The maximum absolute atomic E-state index is 15.0. The summed E-state index contributed by atoms with van der Waals surface area (Å²) >= 11 is 0. The van der Waals surface area contributed by atoms with Crippen LogP contribution in [0.5, 0.6) is 0 Å². The molecule has 4 rings (SSSR count). The fourth-order valence-electron chi connectivity index (χ4n) is 4.54. The Kier molecular flexibility index (Phi) is 5.08. The summed E-state index contributed by atoms with van der Waals surface area (Å²) in [5.41, 5.74) is 0.252. The number of fused-ring (bicyclic) bond motifs is 1. The fraction of sp³-hybridized carbons (Fsp3) is 0.500. The molecule has 2 unspecified atom stereocenters. The number of carboxylic acid groups (broad SMARTS) is 1. The van der Waals surface area contributed by atoms with Crippen molar-refractivity contribution in [3.05, 3.63) is 34.6 Å². The first-order valence-electron chi connectivity index (χ1n) is 9.83. The molecular formula is C20H22FN3O5. The molecule has 9 heteroatoms. The van der Waals surface area contributed by atoms with Gasteiger partial charge in [-0.25, -0.2) is 4.39 Å². The predicted octanol–water partition coefficient (Wildman–Crippen LogP) is 1.31. The van der Waals surface area contributed by atoms with Gasteiger partial charge in [-0.1, -0.05) is 6.42 Å². The highest BCUT2D eigenvalue weighted by molar-refractivity contribution is 6.23. The molecule has 154 valence electrons. The molecule has 0 saturated carbocycles. The maximum Gasteiger partial charge on any atom is 0.317 e. The SMILES string of the molecule is O=C(O)CN1CCCCC1c1cc2c(cc1F)C(=O)N(C1CCCNC1=O)C2=O. The fourth-order valence-corrected chi connectivity index (χ4v) is 4.54. The standard InChI is InChI=1S/C20H22FN3O5/c21-14-9-12-11(8-13(14)15-4-1-2-7-23(15)10-17(25)26)19(28)24(20(12)29)16-5-3-6-22-18(16)27/h8-9,15-16H,1-7,10H2,(H,22,27)(H,25,26). The van der Waals surface area contributed by atoms with Gasteiger partial charge in [0.2, 0.25) is 5.91 Å². The zero-order chi connectivity index (χ0) is 20.7. The number of halogens is 1. The van der Waals surface area contributed by atoms with E-state index in [9.17, 15) is 23.6 Å². The Balaban J connectivity index is 1.69. The topological polar surface area (TPSA) is 107 Å². The Labute approximate surface area is 166 Å². The summed E-state index contributed by atoms with van der Waals surface area (Å²) in [5, 5.41) is 11.8. The highest BCUT2D eigenvalue weighted by Crippen LogP contribution is 2.36. The molecule has 3 aliphatic rings. The van der Waals surface area contributed by atoms with E-state index < -0.39 is 35.7 Å². The Morgan fingerprint density at radius 3 is 2.45 bits per heavy atom. The monoisotopic (exact) mass is 403 g/mol. The minimum atomic E-state index is -1.00. The normalized spacial score (nSPS) is 25.1. The van der Waals surface area contributed by atoms with Crippen LogP contribution in [-0.4, -0.2) is 64.3 Å². The molecule has 29 heavy (non-hydrogen) atoms. The summed E-state index contributed by atoms with van der Waals surface area (Å²) in [6, 6.07) is 1.07. The number of nitrogens with zero attached hydrogens (tertiary/aromatic N) is 2. The number of carbonyl (C=O) groups excluding carboxylic acids is 3. The van der Waals surface area contributed by atoms with Crippen LogP contribution >= 0.6 is 0 Å². The zero-order valence-electron chi connectivity index (χ0n) is 15.8. The lowest BCUT2D eigenvalue weighted by Crippen LogP contribution is -2.52. The predicted molar refractivity (Wildman–Crippen MR) is 98.7 cm³/mol. The molecule has 3 amide bonds. The zero-order valence-corrected chi connectivity index (χ0v) is 15.8. The first-order valence-corrected chi connectivity index (χ1v) is 9.83. The highest BCUT2D eigenvalue weighted by atomic mass is 19.1. The van der Waals surface area contributed by atoms with Gasteiger partial charge in [0.25, 0.3) is 11.8 Å². The molecule has 8 nitrogen and oxygen atoms in total. The summed E-state index contributed by atoms with van der Waals surface area (Å²) in [5.74, 6) is -3.29. The second-order valence-corrected chi connectivity index (χ2v) is 7.72. The molecule has 3 aliphatic heterocycles. The van der Waals surface area contributed by atoms with E-state index in [0.717, 1.165) is 23.8 Å². The summed E-state index contributed by atoms with van der Waals surface area (Å²) in [6.45, 7) is 0.801. The van der Waals surface area contributed by atoms with E-state index in [1.165, 1.54) is 6.07 Å². The number of carbonyl (C=O) groups is 4. The molecule has 0 bridgehead atoms. The van der Waals surface area contributed by atoms with Crippen molar-refractivity contribution in [3.63, 3.8) is 0 Å². The van der Waals surface area contributed by atoms with Gasteiger partial charge in [0.05, 0.1) is 17.7 Å². The van der Waals surface area contributed by atoms with Crippen LogP contribution in [0.15, 0.2) is 12.1 Å². The number of imide groups is 1. The molecule has 0 aromatic heterocycles. The number of hydrogen-bond donors (Lipinski definition) is 2. The van der Waals surface area contributed by atoms with Gasteiger partial charge in [-0.2, -0.15) is 0 Å². The van der Waals surface area contributed by atoms with E-state index >= 15 is 0 Å². The van der Waals surface area contributed by atoms with E-state index in [-0.39, 0.29) is 29.1 Å². The number of nitrogens with one attached hydrogen (secondary N) is 1. The van der Waals surface area contributed by atoms with Crippen LogP contribution in [0.25, 0.3) is 0 Å². The Hall–Kier alpha value is -2.81. The molecular weight excluding hydrogens is 381 g/mol. The van der Waals surface area contributed by atoms with Gasteiger partial charge >= 0.3 is 5.97 Å². The lowest BCUT2D eigenvalue weighted by Gasteiger charge is -2.35. The van der Waals surface area contributed by atoms with Crippen molar-refractivity contribution in [3.8, 4) is 0 Å². The number of amides is 3. The molecule has 0 spiro atoms. The van der Waals surface area contributed by atoms with E-state index in [2.05, 4.69) is 5.32 Å². The summed E-state index contributed by atoms with van der Waals surface area (Å²) < 4.78 is 15.0. The van der Waals surface area contributed by atoms with Gasteiger partial charge in [0.15, 0.2) is 0 Å². The average Bonchev–Trinajstić information content (AvgIpc) is 2.92. The molecule has 1 aromatic carbocycles. The van der Waals surface area contributed by atoms with Crippen LogP contribution in [0, 0.1) is 5.82 Å². The van der Waals surface area contributed by atoms with Crippen molar-refractivity contribution in [1.82, 2.24) is 15.1 Å². The van der Waals surface area contributed by atoms with Crippen molar-refractivity contribution in [2.75, 3.05) is 19.6 Å². The van der Waals surface area contributed by atoms with Crippen molar-refractivity contribution in [1.29, 1.82) is 0 Å². The smallest absolute Gasteiger partial charge is 0.317 e. The first-order chi connectivity index (χ1) is 13.9. The van der Waals surface area contributed by atoms with Crippen molar-refractivity contribution in [2.45, 2.75) is 44.2 Å². The van der Waals surface area contributed by atoms with Crippen LogP contribution in [-0.2, 0) is 9.59 Å². The van der Waals surface area contributed by atoms with Crippen molar-refractivity contribution in [2.24, 2.45) is 0 Å². The van der Waals surface area contributed by atoms with Crippen LogP contribution < -0.4 is 5.32 Å². The van der Waals surface area contributed by atoms with Gasteiger partial charge < -0.3 is 10.4 Å². The van der Waals surface area contributed by atoms with E-state index in [4.69, 9.17) is 5.11 Å². The van der Waals surface area contributed by atoms with Crippen LogP contribution in [0.3, 0.4) is 0 Å². The number of likely N-dealkylation sites (tertiary alicyclic amines) is 1. The minimum absolute atomic E-state index is 0.0461. The molecule has 2 N–H and O–H groups in total. The average molecular weight is 403 g/mol. The third-order valence-electron chi connectivity index (χ3n) is 5.91. The molecule has 0 radical (unpaired) electrons. The number of aliphatic carboxylic acids is 1. The summed E-state index contributed by atoms with van der Waals surface area (Å²) in [4.78, 5) is 51.7. The van der Waals surface area contributed by atoms with Gasteiger partial charge in [0, 0.05) is 18.2 Å². The molecule has 2 saturated heterocycles. The number of rotatable bonds is 4. The van der Waals surface area contributed by atoms with Gasteiger partial charge in [-0.3, -0.25) is 29.0 Å². The highest BCUT2D eigenvalue weighted by Gasteiger charge is 2.44. The molecule has 1 aromatic rings. The quantitative estimate of drug-likeness (QED) is 0.734. The number of carboxylic acids is 1.